The van der Waals surface area contributed by atoms with Crippen LogP contribution in [0.15, 0.2) is 11.6 Å². The zero-order valence-corrected chi connectivity index (χ0v) is 6.55. The van der Waals surface area contributed by atoms with E-state index < -0.39 is 0 Å². The SMILES string of the molecule is CC1=C[C@H](C)[C@@H](C)OC1=O. The van der Waals surface area contributed by atoms with Gasteiger partial charge in [-0.15, -0.1) is 0 Å². The highest BCUT2D eigenvalue weighted by molar-refractivity contribution is 5.88. The maximum absolute atomic E-state index is 10.9. The van der Waals surface area contributed by atoms with Crippen molar-refractivity contribution < 1.29 is 9.53 Å². The summed E-state index contributed by atoms with van der Waals surface area (Å²) in [6, 6.07) is 0. The maximum Gasteiger partial charge on any atom is 0.333 e. The van der Waals surface area contributed by atoms with Gasteiger partial charge in [0.25, 0.3) is 0 Å². The van der Waals surface area contributed by atoms with E-state index in [2.05, 4.69) is 0 Å². The first kappa shape index (κ1) is 7.32. The molecule has 0 N–H and O–H groups in total. The monoisotopic (exact) mass is 140 g/mol. The Labute approximate surface area is 60.9 Å². The predicted molar refractivity (Wildman–Crippen MR) is 38.5 cm³/mol. The van der Waals surface area contributed by atoms with Crippen molar-refractivity contribution in [3.05, 3.63) is 11.6 Å². The number of ether oxygens (including phenoxy) is 1. The van der Waals surface area contributed by atoms with Crippen LogP contribution >= 0.6 is 0 Å². The summed E-state index contributed by atoms with van der Waals surface area (Å²) >= 11 is 0. The summed E-state index contributed by atoms with van der Waals surface area (Å²) in [7, 11) is 0. The molecule has 0 saturated heterocycles. The van der Waals surface area contributed by atoms with E-state index in [1.807, 2.05) is 19.9 Å². The maximum atomic E-state index is 10.9. The Morgan fingerprint density at radius 3 is 2.60 bits per heavy atom. The van der Waals surface area contributed by atoms with Crippen LogP contribution in [0.1, 0.15) is 20.8 Å². The molecule has 56 valence electrons. The molecular weight excluding hydrogens is 128 g/mol. The molecule has 0 bridgehead atoms. The lowest BCUT2D eigenvalue weighted by molar-refractivity contribution is -0.146. The average molecular weight is 140 g/mol. The van der Waals surface area contributed by atoms with Crippen molar-refractivity contribution in [2.75, 3.05) is 0 Å². The number of rotatable bonds is 0. The van der Waals surface area contributed by atoms with Gasteiger partial charge in [0.2, 0.25) is 0 Å². The average Bonchev–Trinajstić information content (AvgIpc) is 1.84. The van der Waals surface area contributed by atoms with Crippen molar-refractivity contribution in [3.8, 4) is 0 Å². The molecule has 0 aromatic heterocycles. The number of hydrogen-bond donors (Lipinski definition) is 0. The second kappa shape index (κ2) is 2.45. The third kappa shape index (κ3) is 1.20. The highest BCUT2D eigenvalue weighted by Gasteiger charge is 2.21. The second-order valence-electron chi connectivity index (χ2n) is 2.82. The molecule has 1 aliphatic heterocycles. The summed E-state index contributed by atoms with van der Waals surface area (Å²) in [4.78, 5) is 10.9. The van der Waals surface area contributed by atoms with Crippen molar-refractivity contribution in [1.82, 2.24) is 0 Å². The Balaban J connectivity index is 2.79. The van der Waals surface area contributed by atoms with Crippen molar-refractivity contribution in [3.63, 3.8) is 0 Å². The van der Waals surface area contributed by atoms with Gasteiger partial charge in [-0.25, -0.2) is 4.79 Å². The minimum absolute atomic E-state index is 0.0381. The van der Waals surface area contributed by atoms with Gasteiger partial charge < -0.3 is 4.74 Å². The summed E-state index contributed by atoms with van der Waals surface area (Å²) < 4.78 is 5.00. The van der Waals surface area contributed by atoms with E-state index in [9.17, 15) is 4.79 Å². The van der Waals surface area contributed by atoms with E-state index in [4.69, 9.17) is 4.74 Å². The fraction of sp³-hybridized carbons (Fsp3) is 0.625. The van der Waals surface area contributed by atoms with Crippen LogP contribution in [0.5, 0.6) is 0 Å². The first-order chi connectivity index (χ1) is 4.61. The molecule has 0 aliphatic carbocycles. The topological polar surface area (TPSA) is 26.3 Å². The second-order valence-corrected chi connectivity index (χ2v) is 2.82. The van der Waals surface area contributed by atoms with Gasteiger partial charge in [0.05, 0.1) is 0 Å². The lowest BCUT2D eigenvalue weighted by Gasteiger charge is -2.22. The normalized spacial score (nSPS) is 33.1. The van der Waals surface area contributed by atoms with Crippen molar-refractivity contribution in [2.45, 2.75) is 26.9 Å². The summed E-state index contributed by atoms with van der Waals surface area (Å²) in [6.07, 6.45) is 1.99. The van der Waals surface area contributed by atoms with E-state index in [0.29, 0.717) is 5.92 Å². The largest absolute Gasteiger partial charge is 0.459 e. The van der Waals surface area contributed by atoms with Gasteiger partial charge in [0.15, 0.2) is 0 Å². The summed E-state index contributed by atoms with van der Waals surface area (Å²) in [5, 5.41) is 0. The van der Waals surface area contributed by atoms with Crippen LogP contribution < -0.4 is 0 Å². The molecule has 1 aliphatic rings. The third-order valence-electron chi connectivity index (χ3n) is 1.87. The molecule has 0 fully saturated rings. The van der Waals surface area contributed by atoms with Gasteiger partial charge in [0.1, 0.15) is 6.10 Å². The van der Waals surface area contributed by atoms with Crippen LogP contribution in [0.25, 0.3) is 0 Å². The van der Waals surface area contributed by atoms with Gasteiger partial charge in [0, 0.05) is 11.5 Å². The number of cyclic esters (lactones) is 1. The van der Waals surface area contributed by atoms with E-state index in [1.165, 1.54) is 0 Å². The minimum atomic E-state index is -0.175. The fourth-order valence-corrected chi connectivity index (χ4v) is 0.967. The summed E-state index contributed by atoms with van der Waals surface area (Å²) in [5.74, 6) is 0.184. The van der Waals surface area contributed by atoms with E-state index >= 15 is 0 Å². The Morgan fingerprint density at radius 2 is 2.10 bits per heavy atom. The fourth-order valence-electron chi connectivity index (χ4n) is 0.967. The zero-order valence-electron chi connectivity index (χ0n) is 6.55. The molecule has 0 amide bonds. The molecule has 1 heterocycles. The molecule has 0 unspecified atom stereocenters. The minimum Gasteiger partial charge on any atom is -0.459 e. The molecular formula is C8H12O2. The number of esters is 1. The Morgan fingerprint density at radius 1 is 1.50 bits per heavy atom. The number of hydrogen-bond acceptors (Lipinski definition) is 2. The van der Waals surface area contributed by atoms with Crippen LogP contribution in [0.2, 0.25) is 0 Å². The van der Waals surface area contributed by atoms with E-state index in [0.717, 1.165) is 5.57 Å². The first-order valence-electron chi connectivity index (χ1n) is 3.50. The Kier molecular flexibility index (Phi) is 1.79. The van der Waals surface area contributed by atoms with Crippen LogP contribution in [-0.4, -0.2) is 12.1 Å². The van der Waals surface area contributed by atoms with Crippen molar-refractivity contribution in [2.24, 2.45) is 5.92 Å². The van der Waals surface area contributed by atoms with Crippen LogP contribution in [0.3, 0.4) is 0 Å². The third-order valence-corrected chi connectivity index (χ3v) is 1.87. The number of carbonyl (C=O) groups is 1. The van der Waals surface area contributed by atoms with E-state index in [1.54, 1.807) is 6.92 Å². The Bertz CT molecular complexity index is 182. The molecule has 0 spiro atoms. The molecule has 10 heavy (non-hydrogen) atoms. The molecule has 2 heteroatoms. The molecule has 2 atom stereocenters. The molecule has 2 nitrogen and oxygen atoms in total. The standard InChI is InChI=1S/C8H12O2/c1-5-4-6(2)8(9)10-7(5)3/h4-5,7H,1-3H3/t5-,7+/m0/s1. The molecule has 0 radical (unpaired) electrons. The Hall–Kier alpha value is -0.790. The van der Waals surface area contributed by atoms with Crippen LogP contribution in [-0.2, 0) is 9.53 Å². The quantitative estimate of drug-likeness (QED) is 0.477. The molecule has 0 saturated carbocycles. The lowest BCUT2D eigenvalue weighted by Crippen LogP contribution is -2.26. The highest BCUT2D eigenvalue weighted by Crippen LogP contribution is 2.18. The van der Waals surface area contributed by atoms with Crippen molar-refractivity contribution >= 4 is 5.97 Å². The predicted octanol–water partition coefficient (Wildman–Crippen LogP) is 1.51. The van der Waals surface area contributed by atoms with Gasteiger partial charge in [-0.05, 0) is 13.8 Å². The van der Waals surface area contributed by atoms with Crippen molar-refractivity contribution in [1.29, 1.82) is 0 Å². The lowest BCUT2D eigenvalue weighted by atomic mass is 10.0. The molecule has 1 rings (SSSR count). The van der Waals surface area contributed by atoms with E-state index in [-0.39, 0.29) is 12.1 Å². The smallest absolute Gasteiger partial charge is 0.333 e. The van der Waals surface area contributed by atoms with Crippen LogP contribution in [0, 0.1) is 5.92 Å². The summed E-state index contributed by atoms with van der Waals surface area (Å²) in [5.41, 5.74) is 0.727. The summed E-state index contributed by atoms with van der Waals surface area (Å²) in [6.45, 7) is 5.73. The number of carbonyl (C=O) groups excluding carboxylic acids is 1. The highest BCUT2D eigenvalue weighted by atomic mass is 16.5. The first-order valence-corrected chi connectivity index (χ1v) is 3.50. The van der Waals surface area contributed by atoms with Gasteiger partial charge in [-0.3, -0.25) is 0 Å². The molecule has 0 aromatic rings. The zero-order chi connectivity index (χ0) is 7.72. The van der Waals surface area contributed by atoms with Crippen LogP contribution in [0.4, 0.5) is 0 Å². The van der Waals surface area contributed by atoms with Gasteiger partial charge in [-0.1, -0.05) is 13.0 Å². The van der Waals surface area contributed by atoms with Gasteiger partial charge >= 0.3 is 5.97 Å². The molecule has 0 aromatic carbocycles. The van der Waals surface area contributed by atoms with Gasteiger partial charge in [-0.2, -0.15) is 0 Å².